The molecule has 1 nitrogen and oxygen atoms in total. The lowest BCUT2D eigenvalue weighted by atomic mass is 9.27. The highest BCUT2D eigenvalue weighted by Gasteiger charge is 2.84. The number of para-hydroxylation sites is 1. The van der Waals surface area contributed by atoms with E-state index in [1.165, 1.54) is 100 Å². The van der Waals surface area contributed by atoms with Crippen LogP contribution in [0.3, 0.4) is 0 Å². The van der Waals surface area contributed by atoms with E-state index in [-0.39, 0.29) is 16.2 Å². The molecule has 0 N–H and O–H groups in total. The molecule has 4 saturated carbocycles. The van der Waals surface area contributed by atoms with Gasteiger partial charge in [0, 0.05) is 27.9 Å². The summed E-state index contributed by atoms with van der Waals surface area (Å²) in [6.07, 6.45) is 8.27. The summed E-state index contributed by atoms with van der Waals surface area (Å²) < 4.78 is 0. The van der Waals surface area contributed by atoms with Gasteiger partial charge in [-0.1, -0.05) is 143 Å². The van der Waals surface area contributed by atoms with Crippen molar-refractivity contribution < 1.29 is 0 Å². The van der Waals surface area contributed by atoms with E-state index in [1.807, 2.05) is 0 Å². The van der Waals surface area contributed by atoms with Crippen molar-refractivity contribution in [1.82, 2.24) is 0 Å². The minimum Gasteiger partial charge on any atom is -0.309 e. The number of nitrogens with zero attached hydrogens (tertiary/aromatic N) is 1. The summed E-state index contributed by atoms with van der Waals surface area (Å²) in [5, 5.41) is 0. The van der Waals surface area contributed by atoms with Gasteiger partial charge in [0.1, 0.15) is 0 Å². The van der Waals surface area contributed by atoms with E-state index in [0.717, 1.165) is 23.7 Å². The van der Waals surface area contributed by atoms with E-state index >= 15 is 0 Å². The molecule has 0 saturated heterocycles. The van der Waals surface area contributed by atoms with Crippen molar-refractivity contribution in [2.45, 2.75) is 82.5 Å². The van der Waals surface area contributed by atoms with Gasteiger partial charge < -0.3 is 4.90 Å². The van der Waals surface area contributed by atoms with Gasteiger partial charge in [0.15, 0.2) is 0 Å². The highest BCUT2D eigenvalue weighted by molar-refractivity contribution is 6.03. The Morgan fingerprint density at radius 3 is 1.89 bits per heavy atom. The monoisotopic (exact) mass is 713 g/mol. The van der Waals surface area contributed by atoms with Gasteiger partial charge in [0.25, 0.3) is 0 Å². The zero-order chi connectivity index (χ0) is 36.9. The molecule has 4 fully saturated rings. The quantitative estimate of drug-likeness (QED) is 0.172. The number of benzene rings is 6. The summed E-state index contributed by atoms with van der Waals surface area (Å²) >= 11 is 0. The molecule has 6 aliphatic rings. The second-order valence-electron chi connectivity index (χ2n) is 19.6. The van der Waals surface area contributed by atoms with Gasteiger partial charge >= 0.3 is 0 Å². The Bertz CT molecular complexity index is 2530. The number of fused-ring (bicyclic) bond motifs is 9. The first-order valence-electron chi connectivity index (χ1n) is 21.2. The maximum Gasteiger partial charge on any atom is 0.0621 e. The summed E-state index contributed by atoms with van der Waals surface area (Å²) in [5.41, 5.74) is 19.2. The molecule has 12 rings (SSSR count). The van der Waals surface area contributed by atoms with Crippen molar-refractivity contribution in [3.63, 3.8) is 0 Å². The molecule has 272 valence electrons. The van der Waals surface area contributed by atoms with Gasteiger partial charge in [-0.15, -0.1) is 0 Å². The smallest absolute Gasteiger partial charge is 0.0621 e. The zero-order valence-electron chi connectivity index (χ0n) is 32.8. The maximum atomic E-state index is 2.60. The van der Waals surface area contributed by atoms with Crippen molar-refractivity contribution in [1.29, 1.82) is 0 Å². The standard InChI is InChI=1S/C54H51N/c1-51(2)27-28-52(3,4)46-31-37(21-25-44(46)51)35-19-22-40(23-20-35)55(39-15-9-6-10-16-39)50-41(36-13-7-5-8-14-36)24-26-45-49(50)42-17-11-12-18-43(42)54(45)47-30-34-29-38-32-48(54)53(38,47)33-34/h5-26,31,34,38,47-48H,27-30,32-33H2,1-4H3. The first-order chi connectivity index (χ1) is 26.7. The molecule has 0 aliphatic heterocycles. The van der Waals surface area contributed by atoms with Crippen LogP contribution in [-0.2, 0) is 16.2 Å². The fourth-order valence-corrected chi connectivity index (χ4v) is 14.0. The molecule has 2 spiro atoms. The van der Waals surface area contributed by atoms with Gasteiger partial charge in [-0.2, -0.15) is 0 Å². The third-order valence-corrected chi connectivity index (χ3v) is 16.4. The van der Waals surface area contributed by atoms with Crippen molar-refractivity contribution >= 4 is 17.1 Å². The minimum atomic E-state index is 0.141. The summed E-state index contributed by atoms with van der Waals surface area (Å²) in [7, 11) is 0. The number of rotatable bonds is 5. The molecule has 6 aromatic carbocycles. The van der Waals surface area contributed by atoms with Crippen LogP contribution in [0.2, 0.25) is 0 Å². The Balaban J connectivity index is 1.06. The van der Waals surface area contributed by atoms with Gasteiger partial charge in [-0.05, 0) is 147 Å². The molecule has 6 aromatic rings. The van der Waals surface area contributed by atoms with Crippen molar-refractivity contribution in [3.05, 3.63) is 162 Å². The third-order valence-electron chi connectivity index (χ3n) is 16.4. The van der Waals surface area contributed by atoms with Gasteiger partial charge in [0.05, 0.1) is 5.69 Å². The Morgan fingerprint density at radius 1 is 0.491 bits per heavy atom. The molecule has 55 heavy (non-hydrogen) atoms. The fourth-order valence-electron chi connectivity index (χ4n) is 14.0. The first-order valence-corrected chi connectivity index (χ1v) is 21.2. The Hall–Kier alpha value is -4.88. The van der Waals surface area contributed by atoms with E-state index in [0.29, 0.717) is 5.41 Å². The van der Waals surface area contributed by atoms with Crippen LogP contribution in [-0.4, -0.2) is 0 Å². The Labute approximate surface area is 327 Å². The van der Waals surface area contributed by atoms with E-state index < -0.39 is 0 Å². The molecule has 0 radical (unpaired) electrons. The lowest BCUT2D eigenvalue weighted by molar-refractivity contribution is -0.231. The predicted molar refractivity (Wildman–Crippen MR) is 228 cm³/mol. The lowest BCUT2D eigenvalue weighted by Crippen LogP contribution is -2.73. The molecule has 6 unspecified atom stereocenters. The first kappa shape index (κ1) is 32.4. The topological polar surface area (TPSA) is 3.24 Å². The highest BCUT2D eigenvalue weighted by atomic mass is 15.1. The Kier molecular flexibility index (Phi) is 6.42. The van der Waals surface area contributed by atoms with E-state index in [9.17, 15) is 0 Å². The summed E-state index contributed by atoms with van der Waals surface area (Å²) in [6.45, 7) is 9.70. The maximum absolute atomic E-state index is 2.60. The van der Waals surface area contributed by atoms with Gasteiger partial charge in [-0.3, -0.25) is 0 Å². The molecule has 6 aliphatic carbocycles. The van der Waals surface area contributed by atoms with Crippen molar-refractivity contribution in [3.8, 4) is 33.4 Å². The normalized spacial score (nSPS) is 29.1. The van der Waals surface area contributed by atoms with Crippen LogP contribution in [0.15, 0.2) is 140 Å². The van der Waals surface area contributed by atoms with Crippen molar-refractivity contribution in [2.75, 3.05) is 4.90 Å². The molecule has 0 heterocycles. The second-order valence-corrected chi connectivity index (χ2v) is 19.6. The minimum absolute atomic E-state index is 0.141. The molecular weight excluding hydrogens is 663 g/mol. The van der Waals surface area contributed by atoms with Crippen LogP contribution < -0.4 is 4.90 Å². The number of hydrogen-bond acceptors (Lipinski definition) is 1. The van der Waals surface area contributed by atoms with E-state index in [2.05, 4.69) is 172 Å². The molecular formula is C54H51N. The highest BCUT2D eigenvalue weighted by Crippen LogP contribution is 2.90. The zero-order valence-corrected chi connectivity index (χ0v) is 32.8. The summed E-state index contributed by atoms with van der Waals surface area (Å²) in [4.78, 5) is 2.60. The van der Waals surface area contributed by atoms with E-state index in [1.54, 1.807) is 11.1 Å². The van der Waals surface area contributed by atoms with Crippen LogP contribution in [0.4, 0.5) is 17.1 Å². The second kappa shape index (κ2) is 10.9. The van der Waals surface area contributed by atoms with Crippen LogP contribution in [0.1, 0.15) is 88.5 Å². The van der Waals surface area contributed by atoms with Crippen LogP contribution in [0.5, 0.6) is 0 Å². The number of hydrogen-bond donors (Lipinski definition) is 0. The lowest BCUT2D eigenvalue weighted by Gasteiger charge is -2.76. The number of anilines is 3. The van der Waals surface area contributed by atoms with E-state index in [4.69, 9.17) is 0 Å². The molecule has 0 amide bonds. The molecule has 0 aromatic heterocycles. The molecule has 1 heteroatoms. The Morgan fingerprint density at radius 2 is 1.13 bits per heavy atom. The van der Waals surface area contributed by atoms with Gasteiger partial charge in [-0.25, -0.2) is 0 Å². The third kappa shape index (κ3) is 4.05. The largest absolute Gasteiger partial charge is 0.309 e. The van der Waals surface area contributed by atoms with Crippen molar-refractivity contribution in [2.24, 2.45) is 29.1 Å². The fraction of sp³-hybridized carbons (Fsp3) is 0.333. The average Bonchev–Trinajstić information content (AvgIpc) is 3.85. The predicted octanol–water partition coefficient (Wildman–Crippen LogP) is 14.2. The SMILES string of the molecule is CC1(C)CCC(C)(C)c2cc(-c3ccc(N(c4ccccc4)c4c(-c5ccccc5)ccc5c4-c4ccccc4C54C5CC6CC7CC4C75C6)cc3)ccc21. The van der Waals surface area contributed by atoms with Crippen LogP contribution in [0.25, 0.3) is 33.4 Å². The van der Waals surface area contributed by atoms with Crippen LogP contribution in [0, 0.1) is 29.1 Å². The molecule has 6 atom stereocenters. The van der Waals surface area contributed by atoms with Crippen LogP contribution >= 0.6 is 0 Å². The molecule has 2 bridgehead atoms. The summed E-state index contributed by atoms with van der Waals surface area (Å²) in [6, 6.07) is 53.8. The van der Waals surface area contributed by atoms with Gasteiger partial charge in [0.2, 0.25) is 0 Å². The summed E-state index contributed by atoms with van der Waals surface area (Å²) in [5.74, 6) is 3.46. The average molecular weight is 714 g/mol.